The van der Waals surface area contributed by atoms with Crippen LogP contribution in [0.2, 0.25) is 6.04 Å². The number of ether oxygens (including phenoxy) is 1. The Morgan fingerprint density at radius 2 is 2.18 bits per heavy atom. The Balaban J connectivity index is 1.80. The van der Waals surface area contributed by atoms with Gasteiger partial charge in [0.2, 0.25) is 0 Å². The van der Waals surface area contributed by atoms with Gasteiger partial charge >= 0.3 is 0 Å². The third-order valence-corrected chi connectivity index (χ3v) is 5.35. The highest BCUT2D eigenvalue weighted by molar-refractivity contribution is 6.38. The Morgan fingerprint density at radius 3 is 2.88 bits per heavy atom. The molecule has 1 nitrogen and oxygen atoms in total. The van der Waals surface area contributed by atoms with Gasteiger partial charge < -0.3 is 4.74 Å². The van der Waals surface area contributed by atoms with E-state index in [0.29, 0.717) is 5.73 Å². The van der Waals surface area contributed by atoms with Crippen molar-refractivity contribution in [1.29, 1.82) is 0 Å². The van der Waals surface area contributed by atoms with Gasteiger partial charge in [-0.3, -0.25) is 0 Å². The van der Waals surface area contributed by atoms with E-state index < -0.39 is 0 Å². The van der Waals surface area contributed by atoms with E-state index in [-0.39, 0.29) is 9.52 Å². The molecule has 1 aromatic rings. The summed E-state index contributed by atoms with van der Waals surface area (Å²) in [4.78, 5) is 0. The van der Waals surface area contributed by atoms with Gasteiger partial charge in [-0.05, 0) is 43.4 Å². The topological polar surface area (TPSA) is 9.23 Å². The number of hydrogen-bond donors (Lipinski definition) is 0. The Labute approximate surface area is 107 Å². The lowest BCUT2D eigenvalue weighted by atomic mass is 10.1. The van der Waals surface area contributed by atoms with E-state index in [4.69, 9.17) is 4.74 Å². The first kappa shape index (κ1) is 12.6. The van der Waals surface area contributed by atoms with E-state index in [0.717, 1.165) is 6.61 Å². The first-order valence-electron chi connectivity index (χ1n) is 6.70. The van der Waals surface area contributed by atoms with Gasteiger partial charge in [0, 0.05) is 12.3 Å². The molecule has 1 saturated heterocycles. The fraction of sp³-hybridized carbons (Fsp3) is 0.467. The zero-order valence-electron chi connectivity index (χ0n) is 10.7. The van der Waals surface area contributed by atoms with Gasteiger partial charge in [0.15, 0.2) is 0 Å². The van der Waals surface area contributed by atoms with Crippen molar-refractivity contribution in [3.8, 4) is 0 Å². The van der Waals surface area contributed by atoms with Gasteiger partial charge in [-0.25, -0.2) is 0 Å². The van der Waals surface area contributed by atoms with Crippen molar-refractivity contribution in [2.24, 2.45) is 0 Å². The second-order valence-corrected chi connectivity index (χ2v) is 6.88. The molecule has 0 saturated carbocycles. The van der Waals surface area contributed by atoms with Gasteiger partial charge in [-0.15, -0.1) is 0 Å². The summed E-state index contributed by atoms with van der Waals surface area (Å²) < 4.78 is 5.80. The standard InChI is InChI=1S/C15H22OSi/c1-13(14-7-3-2-4-8-14)10-12-17-15-9-5-6-11-16-15/h2-4,7-8,10,15H,5-6,9,11-12,17H2,1H3. The summed E-state index contributed by atoms with van der Waals surface area (Å²) in [6.45, 7) is 3.21. The van der Waals surface area contributed by atoms with Crippen molar-refractivity contribution in [3.63, 3.8) is 0 Å². The number of benzene rings is 1. The van der Waals surface area contributed by atoms with E-state index in [1.54, 1.807) is 0 Å². The summed E-state index contributed by atoms with van der Waals surface area (Å²) in [5.41, 5.74) is 3.41. The molecule has 1 unspecified atom stereocenters. The molecule has 0 amide bonds. The maximum Gasteiger partial charge on any atom is 0.0593 e. The van der Waals surface area contributed by atoms with Crippen molar-refractivity contribution >= 4 is 15.1 Å². The molecule has 1 atom stereocenters. The van der Waals surface area contributed by atoms with Gasteiger partial charge in [-0.2, -0.15) is 0 Å². The van der Waals surface area contributed by atoms with Crippen molar-refractivity contribution in [2.45, 2.75) is 38.0 Å². The van der Waals surface area contributed by atoms with Gasteiger partial charge in [0.05, 0.1) is 9.52 Å². The van der Waals surface area contributed by atoms with Crippen LogP contribution in [-0.4, -0.2) is 21.9 Å². The van der Waals surface area contributed by atoms with Crippen molar-refractivity contribution < 1.29 is 4.74 Å². The average Bonchev–Trinajstić information content (AvgIpc) is 2.41. The lowest BCUT2D eigenvalue weighted by molar-refractivity contribution is 0.0652. The molecule has 2 rings (SSSR count). The van der Waals surface area contributed by atoms with E-state index in [1.807, 2.05) is 0 Å². The second kappa shape index (κ2) is 6.77. The second-order valence-electron chi connectivity index (χ2n) is 4.82. The SMILES string of the molecule is CC(=CC[SiH2]C1CCCCO1)c1ccccc1. The summed E-state index contributed by atoms with van der Waals surface area (Å²) in [6, 6.07) is 11.9. The van der Waals surface area contributed by atoms with Gasteiger partial charge in [0.25, 0.3) is 0 Å². The van der Waals surface area contributed by atoms with E-state index in [9.17, 15) is 0 Å². The van der Waals surface area contributed by atoms with Crippen LogP contribution in [0.4, 0.5) is 0 Å². The zero-order valence-corrected chi connectivity index (χ0v) is 12.1. The fourth-order valence-electron chi connectivity index (χ4n) is 2.34. The summed E-state index contributed by atoms with van der Waals surface area (Å²) in [7, 11) is -0.0808. The summed E-state index contributed by atoms with van der Waals surface area (Å²) >= 11 is 0. The minimum Gasteiger partial charge on any atom is -0.382 e. The minimum absolute atomic E-state index is 0.0808. The molecule has 0 aliphatic carbocycles. The molecule has 2 heteroatoms. The molecular formula is C15H22OSi. The summed E-state index contributed by atoms with van der Waals surface area (Å²) in [6.07, 6.45) is 6.35. The maximum absolute atomic E-state index is 5.80. The molecule has 1 fully saturated rings. The minimum atomic E-state index is -0.0808. The molecule has 0 radical (unpaired) electrons. The van der Waals surface area contributed by atoms with E-state index in [2.05, 4.69) is 43.3 Å². The smallest absolute Gasteiger partial charge is 0.0593 e. The molecule has 1 aromatic carbocycles. The van der Waals surface area contributed by atoms with Crippen LogP contribution in [-0.2, 0) is 4.74 Å². The van der Waals surface area contributed by atoms with Crippen molar-refractivity contribution in [1.82, 2.24) is 0 Å². The van der Waals surface area contributed by atoms with Crippen molar-refractivity contribution in [2.75, 3.05) is 6.61 Å². The first-order valence-corrected chi connectivity index (χ1v) is 8.51. The van der Waals surface area contributed by atoms with Crippen LogP contribution < -0.4 is 0 Å². The Bertz CT molecular complexity index is 352. The Kier molecular flexibility index (Phi) is 5.01. The maximum atomic E-state index is 5.80. The van der Waals surface area contributed by atoms with Crippen LogP contribution in [0.1, 0.15) is 31.7 Å². The number of hydrogen-bond acceptors (Lipinski definition) is 1. The molecule has 1 heterocycles. The molecule has 1 aliphatic rings. The third kappa shape index (κ3) is 4.13. The van der Waals surface area contributed by atoms with Crippen LogP contribution in [0.5, 0.6) is 0 Å². The number of allylic oxidation sites excluding steroid dienone is 2. The van der Waals surface area contributed by atoms with Crippen LogP contribution in [0.25, 0.3) is 5.57 Å². The fourth-order valence-corrected chi connectivity index (χ4v) is 4.22. The van der Waals surface area contributed by atoms with Crippen LogP contribution >= 0.6 is 0 Å². The molecular weight excluding hydrogens is 224 g/mol. The Morgan fingerprint density at radius 1 is 1.35 bits per heavy atom. The lowest BCUT2D eigenvalue weighted by Crippen LogP contribution is -2.24. The van der Waals surface area contributed by atoms with Gasteiger partial charge in [-0.1, -0.05) is 36.4 Å². The third-order valence-electron chi connectivity index (χ3n) is 3.44. The summed E-state index contributed by atoms with van der Waals surface area (Å²) in [5, 5.41) is 0. The van der Waals surface area contributed by atoms with Crippen LogP contribution in [0.3, 0.4) is 0 Å². The highest BCUT2D eigenvalue weighted by Crippen LogP contribution is 2.16. The molecule has 17 heavy (non-hydrogen) atoms. The highest BCUT2D eigenvalue weighted by atomic mass is 28.2. The predicted octanol–water partition coefficient (Wildman–Crippen LogP) is 3.20. The van der Waals surface area contributed by atoms with Crippen LogP contribution in [0, 0.1) is 0 Å². The van der Waals surface area contributed by atoms with Gasteiger partial charge in [0.1, 0.15) is 0 Å². The molecule has 0 bridgehead atoms. The van der Waals surface area contributed by atoms with E-state index >= 15 is 0 Å². The monoisotopic (exact) mass is 246 g/mol. The summed E-state index contributed by atoms with van der Waals surface area (Å²) in [5.74, 6) is 0. The molecule has 0 spiro atoms. The molecule has 0 aromatic heterocycles. The van der Waals surface area contributed by atoms with Crippen molar-refractivity contribution in [3.05, 3.63) is 42.0 Å². The largest absolute Gasteiger partial charge is 0.382 e. The first-order chi connectivity index (χ1) is 8.36. The molecule has 0 N–H and O–H groups in total. The Hall–Kier alpha value is -0.863. The molecule has 92 valence electrons. The average molecular weight is 246 g/mol. The quantitative estimate of drug-likeness (QED) is 0.741. The van der Waals surface area contributed by atoms with E-state index in [1.165, 1.54) is 36.4 Å². The van der Waals surface area contributed by atoms with Crippen LogP contribution in [0.15, 0.2) is 36.4 Å². The highest BCUT2D eigenvalue weighted by Gasteiger charge is 2.12. The zero-order chi connectivity index (χ0) is 11.9. The lowest BCUT2D eigenvalue weighted by Gasteiger charge is -2.21. The predicted molar refractivity (Wildman–Crippen MR) is 77.0 cm³/mol. The number of rotatable bonds is 4. The molecule has 1 aliphatic heterocycles. The normalized spacial score (nSPS) is 22.2.